The molecule has 0 aliphatic carbocycles. The van der Waals surface area contributed by atoms with Crippen molar-refractivity contribution in [1.82, 2.24) is 14.9 Å². The molecule has 0 atom stereocenters. The maximum Gasteiger partial charge on any atom is 0.220 e. The lowest BCUT2D eigenvalue weighted by atomic mass is 10.1. The lowest BCUT2D eigenvalue weighted by molar-refractivity contribution is -0.120. The van der Waals surface area contributed by atoms with Crippen LogP contribution in [0.2, 0.25) is 0 Å². The van der Waals surface area contributed by atoms with Crippen molar-refractivity contribution in [3.8, 4) is 0 Å². The van der Waals surface area contributed by atoms with Gasteiger partial charge >= 0.3 is 0 Å². The highest BCUT2D eigenvalue weighted by atomic mass is 16.1. The number of ketones is 1. The number of para-hydroxylation sites is 2. The summed E-state index contributed by atoms with van der Waals surface area (Å²) in [5, 5.41) is 2.83. The van der Waals surface area contributed by atoms with Gasteiger partial charge in [-0.25, -0.2) is 4.98 Å². The fraction of sp³-hybridized carbons (Fsp3) is 0.211. The highest BCUT2D eigenvalue weighted by Crippen LogP contribution is 2.17. The van der Waals surface area contributed by atoms with Crippen molar-refractivity contribution < 1.29 is 9.59 Å². The first-order valence-electron chi connectivity index (χ1n) is 7.98. The summed E-state index contributed by atoms with van der Waals surface area (Å²) in [5.41, 5.74) is 2.38. The zero-order valence-corrected chi connectivity index (χ0v) is 13.5. The third-order valence-electron chi connectivity index (χ3n) is 3.90. The van der Waals surface area contributed by atoms with Gasteiger partial charge in [-0.2, -0.15) is 0 Å². The summed E-state index contributed by atoms with van der Waals surface area (Å²) in [7, 11) is 0. The molecule has 0 radical (unpaired) electrons. The van der Waals surface area contributed by atoms with E-state index < -0.39 is 0 Å². The molecule has 0 bridgehead atoms. The van der Waals surface area contributed by atoms with Crippen molar-refractivity contribution in [2.75, 3.05) is 0 Å². The average Bonchev–Trinajstić information content (AvgIpc) is 2.98. The highest BCUT2D eigenvalue weighted by Gasteiger charge is 2.15. The lowest BCUT2D eigenvalue weighted by Gasteiger charge is -2.09. The molecule has 122 valence electrons. The number of aromatic nitrogens is 2. The van der Waals surface area contributed by atoms with Gasteiger partial charge in [-0.1, -0.05) is 49.4 Å². The van der Waals surface area contributed by atoms with Gasteiger partial charge < -0.3 is 9.88 Å². The Kier molecular flexibility index (Phi) is 4.70. The van der Waals surface area contributed by atoms with Crippen LogP contribution in [-0.4, -0.2) is 21.2 Å². The van der Waals surface area contributed by atoms with Crippen LogP contribution in [-0.2, 0) is 17.9 Å². The second-order valence-corrected chi connectivity index (χ2v) is 5.52. The second kappa shape index (κ2) is 7.08. The Morgan fingerprint density at radius 2 is 1.75 bits per heavy atom. The highest BCUT2D eigenvalue weighted by molar-refractivity contribution is 5.96. The summed E-state index contributed by atoms with van der Waals surface area (Å²) in [6.45, 7) is 2.31. The van der Waals surface area contributed by atoms with E-state index in [1.54, 1.807) is 19.1 Å². The van der Waals surface area contributed by atoms with Crippen LogP contribution in [0.15, 0.2) is 54.6 Å². The lowest BCUT2D eigenvalue weighted by Crippen LogP contribution is -2.24. The van der Waals surface area contributed by atoms with E-state index in [4.69, 9.17) is 0 Å². The maximum absolute atomic E-state index is 12.6. The number of nitrogens with one attached hydrogen (secondary N) is 1. The van der Waals surface area contributed by atoms with E-state index in [1.165, 1.54) is 0 Å². The SMILES string of the molecule is CCC(=O)NCc1nc2ccccc2n1CC(=O)c1ccccc1. The first kappa shape index (κ1) is 15.9. The number of carbonyl (C=O) groups excluding carboxylic acids is 2. The van der Waals surface area contributed by atoms with E-state index in [2.05, 4.69) is 10.3 Å². The number of hydrogen-bond donors (Lipinski definition) is 1. The van der Waals surface area contributed by atoms with Crippen LogP contribution in [0.25, 0.3) is 11.0 Å². The molecule has 1 amide bonds. The molecule has 3 aromatic rings. The molecule has 0 aliphatic rings. The van der Waals surface area contributed by atoms with Gasteiger partial charge in [0.1, 0.15) is 5.82 Å². The number of Topliss-reactive ketones (excluding diaryl/α,β-unsaturated/α-hetero) is 1. The minimum atomic E-state index is -0.0389. The molecule has 0 unspecified atom stereocenters. The number of rotatable bonds is 6. The normalized spacial score (nSPS) is 10.7. The van der Waals surface area contributed by atoms with Gasteiger partial charge in [0, 0.05) is 12.0 Å². The monoisotopic (exact) mass is 321 g/mol. The maximum atomic E-state index is 12.6. The number of imidazole rings is 1. The molecule has 5 heteroatoms. The van der Waals surface area contributed by atoms with Gasteiger partial charge in [-0.05, 0) is 12.1 Å². The number of amides is 1. The minimum absolute atomic E-state index is 0.0156. The number of fused-ring (bicyclic) bond motifs is 1. The summed E-state index contributed by atoms with van der Waals surface area (Å²) in [6.07, 6.45) is 0.420. The van der Waals surface area contributed by atoms with Gasteiger partial charge in [0.15, 0.2) is 5.78 Å². The summed E-state index contributed by atoms with van der Waals surface area (Å²) < 4.78 is 1.88. The van der Waals surface area contributed by atoms with Crippen molar-refractivity contribution in [1.29, 1.82) is 0 Å². The number of benzene rings is 2. The van der Waals surface area contributed by atoms with Crippen LogP contribution in [0, 0.1) is 0 Å². The fourth-order valence-corrected chi connectivity index (χ4v) is 2.60. The Balaban J connectivity index is 1.92. The zero-order chi connectivity index (χ0) is 16.9. The van der Waals surface area contributed by atoms with Crippen LogP contribution < -0.4 is 5.32 Å². The first-order chi connectivity index (χ1) is 11.7. The number of nitrogens with zero attached hydrogens (tertiary/aromatic N) is 2. The third kappa shape index (κ3) is 3.35. The van der Waals surface area contributed by atoms with Crippen LogP contribution >= 0.6 is 0 Å². The van der Waals surface area contributed by atoms with Crippen LogP contribution in [0.5, 0.6) is 0 Å². The van der Waals surface area contributed by atoms with E-state index in [1.807, 2.05) is 47.0 Å². The molecular formula is C19H19N3O2. The Morgan fingerprint density at radius 3 is 2.50 bits per heavy atom. The smallest absolute Gasteiger partial charge is 0.220 e. The topological polar surface area (TPSA) is 64.0 Å². The molecule has 24 heavy (non-hydrogen) atoms. The molecule has 5 nitrogen and oxygen atoms in total. The quantitative estimate of drug-likeness (QED) is 0.710. The van der Waals surface area contributed by atoms with Gasteiger partial charge in [-0.15, -0.1) is 0 Å². The molecule has 0 saturated heterocycles. The minimum Gasteiger partial charge on any atom is -0.349 e. The summed E-state index contributed by atoms with van der Waals surface area (Å²) in [4.78, 5) is 28.7. The van der Waals surface area contributed by atoms with Crippen molar-refractivity contribution in [3.05, 3.63) is 66.0 Å². The van der Waals surface area contributed by atoms with Crippen molar-refractivity contribution in [2.45, 2.75) is 26.4 Å². The molecule has 3 rings (SSSR count). The predicted molar refractivity (Wildman–Crippen MR) is 92.6 cm³/mol. The molecule has 0 fully saturated rings. The first-order valence-corrected chi connectivity index (χ1v) is 7.98. The van der Waals surface area contributed by atoms with Crippen LogP contribution in [0.4, 0.5) is 0 Å². The van der Waals surface area contributed by atoms with Gasteiger partial charge in [0.2, 0.25) is 5.91 Å². The second-order valence-electron chi connectivity index (χ2n) is 5.52. The van der Waals surface area contributed by atoms with E-state index in [-0.39, 0.29) is 18.2 Å². The van der Waals surface area contributed by atoms with Gasteiger partial charge in [0.05, 0.1) is 24.1 Å². The molecule has 1 heterocycles. The molecule has 0 aliphatic heterocycles. The van der Waals surface area contributed by atoms with Crippen molar-refractivity contribution >= 4 is 22.7 Å². The van der Waals surface area contributed by atoms with Crippen molar-refractivity contribution in [2.24, 2.45) is 0 Å². The molecular weight excluding hydrogens is 302 g/mol. The predicted octanol–water partition coefficient (Wildman–Crippen LogP) is 2.95. The standard InChI is InChI=1S/C19H19N3O2/c1-2-19(24)20-12-18-21-15-10-6-7-11-16(15)22(18)13-17(23)14-8-4-3-5-9-14/h3-11H,2,12-13H2,1H3,(H,20,24). The van der Waals surface area contributed by atoms with E-state index >= 15 is 0 Å². The van der Waals surface area contributed by atoms with Gasteiger partial charge in [0.25, 0.3) is 0 Å². The van der Waals surface area contributed by atoms with Crippen molar-refractivity contribution in [3.63, 3.8) is 0 Å². The molecule has 2 aromatic carbocycles. The zero-order valence-electron chi connectivity index (χ0n) is 13.5. The van der Waals surface area contributed by atoms with Gasteiger partial charge in [-0.3, -0.25) is 9.59 Å². The fourth-order valence-electron chi connectivity index (χ4n) is 2.60. The Morgan fingerprint density at radius 1 is 1.04 bits per heavy atom. The van der Waals surface area contributed by atoms with Crippen LogP contribution in [0.3, 0.4) is 0 Å². The summed E-state index contributed by atoms with van der Waals surface area (Å²) in [5.74, 6) is 0.659. The Hall–Kier alpha value is -2.95. The summed E-state index contributed by atoms with van der Waals surface area (Å²) >= 11 is 0. The number of carbonyl (C=O) groups is 2. The molecule has 0 spiro atoms. The molecule has 1 N–H and O–H groups in total. The molecule has 0 saturated carbocycles. The van der Waals surface area contributed by atoms with E-state index in [0.29, 0.717) is 24.4 Å². The third-order valence-corrected chi connectivity index (χ3v) is 3.90. The van der Waals surface area contributed by atoms with E-state index in [9.17, 15) is 9.59 Å². The number of hydrogen-bond acceptors (Lipinski definition) is 3. The molecule has 1 aromatic heterocycles. The Bertz CT molecular complexity index is 869. The van der Waals surface area contributed by atoms with E-state index in [0.717, 1.165) is 11.0 Å². The largest absolute Gasteiger partial charge is 0.349 e. The summed E-state index contributed by atoms with van der Waals surface area (Å²) in [6, 6.07) is 16.9. The Labute approximate surface area is 140 Å². The van der Waals surface area contributed by atoms with Crippen LogP contribution in [0.1, 0.15) is 29.5 Å². The average molecular weight is 321 g/mol.